The lowest BCUT2D eigenvalue weighted by Crippen LogP contribution is -2.22. The molecule has 0 amide bonds. The highest BCUT2D eigenvalue weighted by Crippen LogP contribution is 2.34. The molecule has 0 saturated heterocycles. The summed E-state index contributed by atoms with van der Waals surface area (Å²) in [5, 5.41) is 4.35. The van der Waals surface area contributed by atoms with E-state index < -0.39 is 0 Å². The Bertz CT molecular complexity index is 644. The molecule has 2 aromatic carbocycles. The van der Waals surface area contributed by atoms with Gasteiger partial charge < -0.3 is 14.8 Å². The lowest BCUT2D eigenvalue weighted by Gasteiger charge is -2.21. The van der Waals surface area contributed by atoms with E-state index in [0.29, 0.717) is 6.79 Å². The van der Waals surface area contributed by atoms with Gasteiger partial charge in [0, 0.05) is 17.1 Å². The molecule has 0 bridgehead atoms. The van der Waals surface area contributed by atoms with Crippen molar-refractivity contribution >= 4 is 11.6 Å². The highest BCUT2D eigenvalue weighted by Gasteiger charge is 2.17. The number of rotatable bonds is 4. The summed E-state index contributed by atoms with van der Waals surface area (Å²) in [6.07, 6.45) is 0. The van der Waals surface area contributed by atoms with Crippen LogP contribution in [0.15, 0.2) is 42.5 Å². The first-order chi connectivity index (χ1) is 10.1. The highest BCUT2D eigenvalue weighted by atomic mass is 35.5. The summed E-state index contributed by atoms with van der Waals surface area (Å²) in [6.45, 7) is 4.55. The summed E-state index contributed by atoms with van der Waals surface area (Å²) in [5.41, 5.74) is 2.27. The van der Waals surface area contributed by atoms with Gasteiger partial charge in [-0.1, -0.05) is 35.9 Å². The molecular weight excluding hydrogens is 286 g/mol. The Morgan fingerprint density at radius 1 is 1.00 bits per heavy atom. The van der Waals surface area contributed by atoms with Crippen molar-refractivity contribution in [3.63, 3.8) is 0 Å². The summed E-state index contributed by atoms with van der Waals surface area (Å²) in [6, 6.07) is 14.3. The fraction of sp³-hybridized carbons (Fsp3) is 0.294. The molecule has 3 rings (SSSR count). The molecule has 0 fully saturated rings. The second-order valence-electron chi connectivity index (χ2n) is 5.24. The van der Waals surface area contributed by atoms with Crippen molar-refractivity contribution in [3.05, 3.63) is 58.6 Å². The van der Waals surface area contributed by atoms with Gasteiger partial charge in [-0.15, -0.1) is 0 Å². The Morgan fingerprint density at radius 3 is 2.57 bits per heavy atom. The Balaban J connectivity index is 1.74. The van der Waals surface area contributed by atoms with Gasteiger partial charge >= 0.3 is 0 Å². The molecule has 4 heteroatoms. The molecule has 0 aromatic heterocycles. The van der Waals surface area contributed by atoms with Gasteiger partial charge in [0.15, 0.2) is 11.5 Å². The molecule has 1 heterocycles. The van der Waals surface area contributed by atoms with Gasteiger partial charge in [0.25, 0.3) is 0 Å². The maximum atomic E-state index is 6.25. The van der Waals surface area contributed by atoms with Crippen LogP contribution in [0.25, 0.3) is 0 Å². The zero-order valence-electron chi connectivity index (χ0n) is 12.1. The Hall–Kier alpha value is -1.71. The molecule has 1 aliphatic heterocycles. The summed E-state index contributed by atoms with van der Waals surface area (Å²) >= 11 is 6.25. The van der Waals surface area contributed by atoms with Gasteiger partial charge in [0.05, 0.1) is 0 Å². The Labute approximate surface area is 129 Å². The lowest BCUT2D eigenvalue weighted by molar-refractivity contribution is 0.174. The van der Waals surface area contributed by atoms with E-state index in [0.717, 1.165) is 27.6 Å². The maximum absolute atomic E-state index is 6.25. The second kappa shape index (κ2) is 5.96. The number of ether oxygens (including phenoxy) is 2. The van der Waals surface area contributed by atoms with Crippen LogP contribution in [-0.2, 0) is 0 Å². The first-order valence-electron chi connectivity index (χ1n) is 7.05. The van der Waals surface area contributed by atoms with E-state index in [2.05, 4.69) is 25.2 Å². The van der Waals surface area contributed by atoms with Crippen molar-refractivity contribution in [2.24, 2.45) is 0 Å². The minimum absolute atomic E-state index is 0.166. The van der Waals surface area contributed by atoms with Crippen LogP contribution in [0.2, 0.25) is 5.02 Å². The van der Waals surface area contributed by atoms with Crippen LogP contribution in [0.3, 0.4) is 0 Å². The van der Waals surface area contributed by atoms with E-state index in [9.17, 15) is 0 Å². The minimum atomic E-state index is 0.166. The highest BCUT2D eigenvalue weighted by molar-refractivity contribution is 6.31. The lowest BCUT2D eigenvalue weighted by atomic mass is 10.0. The van der Waals surface area contributed by atoms with Crippen molar-refractivity contribution in [1.29, 1.82) is 0 Å². The van der Waals surface area contributed by atoms with Gasteiger partial charge in [-0.05, 0) is 43.2 Å². The zero-order chi connectivity index (χ0) is 14.8. The maximum Gasteiger partial charge on any atom is 0.231 e. The first-order valence-corrected chi connectivity index (χ1v) is 7.43. The van der Waals surface area contributed by atoms with Crippen LogP contribution in [0.5, 0.6) is 11.5 Å². The van der Waals surface area contributed by atoms with E-state index in [4.69, 9.17) is 21.1 Å². The topological polar surface area (TPSA) is 30.5 Å². The van der Waals surface area contributed by atoms with Crippen LogP contribution >= 0.6 is 11.6 Å². The molecule has 2 aromatic rings. The fourth-order valence-electron chi connectivity index (χ4n) is 2.57. The van der Waals surface area contributed by atoms with Gasteiger partial charge in [0.2, 0.25) is 6.79 Å². The van der Waals surface area contributed by atoms with E-state index >= 15 is 0 Å². The standard InChI is InChI=1S/C17H18ClNO2/c1-11(13-7-8-16-17(9-13)21-10-20-16)19-12(2)14-5-3-4-6-15(14)18/h3-9,11-12,19H,10H2,1-2H3/t11?,12-/m0/s1. The van der Waals surface area contributed by atoms with Crippen LogP contribution in [0, 0.1) is 0 Å². The quantitative estimate of drug-likeness (QED) is 0.903. The summed E-state index contributed by atoms with van der Waals surface area (Å²) in [5.74, 6) is 1.62. The largest absolute Gasteiger partial charge is 0.454 e. The average Bonchev–Trinajstić information content (AvgIpc) is 2.94. The molecule has 1 N–H and O–H groups in total. The van der Waals surface area contributed by atoms with Crippen molar-refractivity contribution in [2.75, 3.05) is 6.79 Å². The Kier molecular flexibility index (Phi) is 4.04. The van der Waals surface area contributed by atoms with E-state index in [1.165, 1.54) is 0 Å². The number of hydrogen-bond acceptors (Lipinski definition) is 3. The molecule has 110 valence electrons. The molecular formula is C17H18ClNO2. The molecule has 0 saturated carbocycles. The molecule has 21 heavy (non-hydrogen) atoms. The monoisotopic (exact) mass is 303 g/mol. The van der Waals surface area contributed by atoms with Crippen molar-refractivity contribution in [3.8, 4) is 11.5 Å². The van der Waals surface area contributed by atoms with Gasteiger partial charge in [0.1, 0.15) is 0 Å². The zero-order valence-corrected chi connectivity index (χ0v) is 12.9. The van der Waals surface area contributed by atoms with Gasteiger partial charge in [-0.25, -0.2) is 0 Å². The number of benzene rings is 2. The van der Waals surface area contributed by atoms with Gasteiger partial charge in [-0.2, -0.15) is 0 Å². The van der Waals surface area contributed by atoms with E-state index in [-0.39, 0.29) is 12.1 Å². The number of nitrogens with one attached hydrogen (secondary N) is 1. The SMILES string of the molecule is CC(N[C@@H](C)c1ccccc1Cl)c1ccc2c(c1)OCO2. The van der Waals surface area contributed by atoms with Crippen LogP contribution in [0.1, 0.15) is 37.1 Å². The summed E-state index contributed by atoms with van der Waals surface area (Å²) in [4.78, 5) is 0. The number of halogens is 1. The Morgan fingerprint density at radius 2 is 1.76 bits per heavy atom. The van der Waals surface area contributed by atoms with Gasteiger partial charge in [-0.3, -0.25) is 0 Å². The average molecular weight is 304 g/mol. The third-order valence-electron chi connectivity index (χ3n) is 3.77. The third-order valence-corrected chi connectivity index (χ3v) is 4.11. The smallest absolute Gasteiger partial charge is 0.231 e. The summed E-state index contributed by atoms with van der Waals surface area (Å²) < 4.78 is 10.8. The minimum Gasteiger partial charge on any atom is -0.454 e. The second-order valence-corrected chi connectivity index (χ2v) is 5.65. The summed E-state index contributed by atoms with van der Waals surface area (Å²) in [7, 11) is 0. The van der Waals surface area contributed by atoms with Crippen molar-refractivity contribution < 1.29 is 9.47 Å². The first kappa shape index (κ1) is 14.2. The predicted molar refractivity (Wildman–Crippen MR) is 84.0 cm³/mol. The third kappa shape index (κ3) is 2.99. The van der Waals surface area contributed by atoms with Crippen molar-refractivity contribution in [1.82, 2.24) is 5.32 Å². The number of fused-ring (bicyclic) bond motifs is 1. The predicted octanol–water partition coefficient (Wildman–Crippen LogP) is 4.48. The normalized spacial score (nSPS) is 15.8. The van der Waals surface area contributed by atoms with E-state index in [1.807, 2.05) is 36.4 Å². The molecule has 0 aliphatic carbocycles. The molecule has 0 spiro atoms. The van der Waals surface area contributed by atoms with E-state index in [1.54, 1.807) is 0 Å². The molecule has 0 radical (unpaired) electrons. The molecule has 2 atom stereocenters. The van der Waals surface area contributed by atoms with Crippen LogP contribution < -0.4 is 14.8 Å². The fourth-order valence-corrected chi connectivity index (χ4v) is 2.87. The number of hydrogen-bond donors (Lipinski definition) is 1. The van der Waals surface area contributed by atoms with Crippen LogP contribution in [0.4, 0.5) is 0 Å². The van der Waals surface area contributed by atoms with Crippen molar-refractivity contribution in [2.45, 2.75) is 25.9 Å². The molecule has 3 nitrogen and oxygen atoms in total. The molecule has 1 unspecified atom stereocenters. The molecule has 1 aliphatic rings. The van der Waals surface area contributed by atoms with Crippen LogP contribution in [-0.4, -0.2) is 6.79 Å².